The van der Waals surface area contributed by atoms with Gasteiger partial charge in [0.1, 0.15) is 5.54 Å². The van der Waals surface area contributed by atoms with E-state index in [1.807, 2.05) is 4.90 Å². The van der Waals surface area contributed by atoms with E-state index in [9.17, 15) is 9.59 Å². The van der Waals surface area contributed by atoms with E-state index in [2.05, 4.69) is 63.2 Å². The number of anilines is 1. The fourth-order valence-corrected chi connectivity index (χ4v) is 7.95. The first-order chi connectivity index (χ1) is 19.6. The third-order valence-corrected chi connectivity index (χ3v) is 10.3. The van der Waals surface area contributed by atoms with Crippen LogP contribution >= 0.6 is 0 Å². The van der Waals surface area contributed by atoms with Crippen LogP contribution in [-0.4, -0.2) is 95.5 Å². The monoisotopic (exact) mass is 541 g/mol. The third-order valence-electron chi connectivity index (χ3n) is 10.3. The molecule has 0 radical (unpaired) electrons. The van der Waals surface area contributed by atoms with Crippen LogP contribution in [0, 0.1) is 0 Å². The summed E-state index contributed by atoms with van der Waals surface area (Å²) >= 11 is 0. The second-order valence-electron chi connectivity index (χ2n) is 12.7. The van der Waals surface area contributed by atoms with Crippen molar-refractivity contribution in [1.82, 2.24) is 19.6 Å². The molecule has 4 saturated heterocycles. The highest BCUT2D eigenvalue weighted by Gasteiger charge is 2.59. The maximum absolute atomic E-state index is 14.3. The van der Waals surface area contributed by atoms with Gasteiger partial charge < -0.3 is 14.7 Å². The molecule has 0 N–H and O–H groups in total. The molecule has 0 unspecified atom stereocenters. The Balaban J connectivity index is 1.06. The maximum Gasteiger partial charge on any atom is 0.328 e. The Labute approximate surface area is 238 Å². The van der Waals surface area contributed by atoms with Crippen LogP contribution in [0.3, 0.4) is 0 Å². The molecule has 212 valence electrons. The molecule has 2 aromatic rings. The number of fused-ring (bicyclic) bond motifs is 1. The molecule has 2 aromatic carbocycles. The molecular weight excluding hydrogens is 498 g/mol. The fourth-order valence-electron chi connectivity index (χ4n) is 7.95. The van der Waals surface area contributed by atoms with Crippen molar-refractivity contribution >= 4 is 17.6 Å². The molecule has 4 heterocycles. The predicted octanol–water partition coefficient (Wildman–Crippen LogP) is 4.15. The van der Waals surface area contributed by atoms with Crippen molar-refractivity contribution in [1.29, 1.82) is 0 Å². The number of hydrogen-bond donors (Lipinski definition) is 0. The first-order valence-electron chi connectivity index (χ1n) is 15.6. The van der Waals surface area contributed by atoms with Crippen LogP contribution in [0.15, 0.2) is 48.5 Å². The first-order valence-corrected chi connectivity index (χ1v) is 15.6. The normalized spacial score (nSPS) is 23.8. The molecule has 3 amide bonds. The summed E-state index contributed by atoms with van der Waals surface area (Å²) < 4.78 is 0. The highest BCUT2D eigenvalue weighted by molar-refractivity contribution is 6.07. The molecule has 7 heteroatoms. The molecule has 4 aliphatic heterocycles. The number of urea groups is 1. The number of amides is 3. The minimum atomic E-state index is -0.693. The Kier molecular flexibility index (Phi) is 7.04. The zero-order valence-corrected chi connectivity index (χ0v) is 23.8. The molecule has 5 aliphatic rings. The van der Waals surface area contributed by atoms with Crippen LogP contribution in [0.25, 0.3) is 0 Å². The molecule has 1 aliphatic carbocycles. The molecule has 0 aromatic heterocycles. The van der Waals surface area contributed by atoms with Crippen molar-refractivity contribution in [3.63, 3.8) is 0 Å². The van der Waals surface area contributed by atoms with E-state index in [4.69, 9.17) is 0 Å². The number of nitrogens with zero attached hydrogens (tertiary/aromatic N) is 5. The number of piperidine rings is 1. The van der Waals surface area contributed by atoms with Gasteiger partial charge in [0.2, 0.25) is 0 Å². The van der Waals surface area contributed by atoms with Gasteiger partial charge in [0.25, 0.3) is 5.91 Å². The fraction of sp³-hybridized carbons (Fsp3) is 0.576. The van der Waals surface area contributed by atoms with Gasteiger partial charge in [-0.25, -0.2) is 4.79 Å². The van der Waals surface area contributed by atoms with Gasteiger partial charge in [-0.1, -0.05) is 36.4 Å². The highest BCUT2D eigenvalue weighted by atomic mass is 16.2. The van der Waals surface area contributed by atoms with E-state index in [1.165, 1.54) is 61.2 Å². The summed E-state index contributed by atoms with van der Waals surface area (Å²) in [6.07, 6.45) is 8.06. The van der Waals surface area contributed by atoms with Crippen LogP contribution in [0.1, 0.15) is 55.2 Å². The summed E-state index contributed by atoms with van der Waals surface area (Å²) in [4.78, 5) is 39.4. The zero-order chi connectivity index (χ0) is 27.1. The summed E-state index contributed by atoms with van der Waals surface area (Å²) in [7, 11) is 0. The lowest BCUT2D eigenvalue weighted by Crippen LogP contribution is -2.57. The molecule has 0 atom stereocenters. The lowest BCUT2D eigenvalue weighted by atomic mass is 9.85. The van der Waals surface area contributed by atoms with Crippen LogP contribution in [-0.2, 0) is 24.2 Å². The average molecular weight is 542 g/mol. The number of rotatable bonds is 7. The van der Waals surface area contributed by atoms with Gasteiger partial charge in [0.05, 0.1) is 0 Å². The van der Waals surface area contributed by atoms with E-state index in [-0.39, 0.29) is 18.0 Å². The quantitative estimate of drug-likeness (QED) is 0.493. The number of carbonyl (C=O) groups excluding carboxylic acids is 2. The summed E-state index contributed by atoms with van der Waals surface area (Å²) in [5.41, 5.74) is 4.52. The number of benzene rings is 2. The number of carbonyl (C=O) groups is 2. The van der Waals surface area contributed by atoms with Crippen molar-refractivity contribution in [2.75, 3.05) is 57.3 Å². The number of imide groups is 1. The summed E-state index contributed by atoms with van der Waals surface area (Å²) in [6.45, 7) is 8.64. The van der Waals surface area contributed by atoms with E-state index < -0.39 is 5.54 Å². The van der Waals surface area contributed by atoms with E-state index in [1.54, 1.807) is 4.90 Å². The standard InChI is InChI=1S/C33H43N5O2/c39-31-33(13-19-35(20-14-33)25-26-9-11-29(12-10-26)36-17-5-6-18-36)37(22-21-34-15-3-4-16-34)32(40)38(31)30-23-27-7-1-2-8-28(27)24-30/h1-2,7-12,30H,3-6,13-25H2. The summed E-state index contributed by atoms with van der Waals surface area (Å²) in [6, 6.07) is 17.4. The Bertz CT molecular complexity index is 1200. The summed E-state index contributed by atoms with van der Waals surface area (Å²) in [5, 5.41) is 0. The highest BCUT2D eigenvalue weighted by Crippen LogP contribution is 2.40. The molecule has 40 heavy (non-hydrogen) atoms. The van der Waals surface area contributed by atoms with Crippen molar-refractivity contribution < 1.29 is 9.59 Å². The second kappa shape index (κ2) is 10.8. The first kappa shape index (κ1) is 26.0. The third kappa shape index (κ3) is 4.71. The van der Waals surface area contributed by atoms with Crippen LogP contribution in [0.5, 0.6) is 0 Å². The molecule has 0 saturated carbocycles. The molecule has 4 fully saturated rings. The van der Waals surface area contributed by atoms with Gasteiger partial charge in [0.15, 0.2) is 0 Å². The second-order valence-corrected chi connectivity index (χ2v) is 12.7. The Morgan fingerprint density at radius 1 is 0.700 bits per heavy atom. The minimum absolute atomic E-state index is 0.0482. The maximum atomic E-state index is 14.3. The van der Waals surface area contributed by atoms with E-state index >= 15 is 0 Å². The predicted molar refractivity (Wildman–Crippen MR) is 157 cm³/mol. The Hall–Kier alpha value is -2.90. The van der Waals surface area contributed by atoms with Crippen molar-refractivity contribution in [3.8, 4) is 0 Å². The lowest BCUT2D eigenvalue weighted by Gasteiger charge is -2.42. The Morgan fingerprint density at radius 3 is 1.98 bits per heavy atom. The van der Waals surface area contributed by atoms with Crippen LogP contribution < -0.4 is 4.90 Å². The van der Waals surface area contributed by atoms with E-state index in [0.29, 0.717) is 6.54 Å². The van der Waals surface area contributed by atoms with Gasteiger partial charge >= 0.3 is 6.03 Å². The van der Waals surface area contributed by atoms with Crippen molar-refractivity contribution in [2.45, 2.75) is 69.5 Å². The molecule has 7 nitrogen and oxygen atoms in total. The SMILES string of the molecule is O=C1N(C2Cc3ccccc3C2)C(=O)C2(CCN(Cc3ccc(N4CCCC4)cc3)CC2)N1CCN1CCCC1. The van der Waals surface area contributed by atoms with Crippen LogP contribution in [0.2, 0.25) is 0 Å². The van der Waals surface area contributed by atoms with Gasteiger partial charge in [-0.3, -0.25) is 14.6 Å². The van der Waals surface area contributed by atoms with Gasteiger partial charge in [0, 0.05) is 57.5 Å². The van der Waals surface area contributed by atoms with Crippen molar-refractivity contribution in [3.05, 3.63) is 65.2 Å². The average Bonchev–Trinajstić information content (AvgIpc) is 3.78. The zero-order valence-electron chi connectivity index (χ0n) is 23.8. The smallest absolute Gasteiger partial charge is 0.328 e. The van der Waals surface area contributed by atoms with Gasteiger partial charge in [-0.05, 0) is 93.3 Å². The van der Waals surface area contributed by atoms with Gasteiger partial charge in [-0.15, -0.1) is 0 Å². The Morgan fingerprint density at radius 2 is 1.32 bits per heavy atom. The topological polar surface area (TPSA) is 50.3 Å². The molecule has 7 rings (SSSR count). The number of likely N-dealkylation sites (tertiary alicyclic amines) is 2. The van der Waals surface area contributed by atoms with E-state index in [0.717, 1.165) is 65.0 Å². The minimum Gasteiger partial charge on any atom is -0.372 e. The lowest BCUT2D eigenvalue weighted by molar-refractivity contribution is -0.137. The number of hydrogen-bond acceptors (Lipinski definition) is 5. The summed E-state index contributed by atoms with van der Waals surface area (Å²) in [5.74, 6) is 0.0614. The van der Waals surface area contributed by atoms with Gasteiger partial charge in [-0.2, -0.15) is 0 Å². The molecular formula is C33H43N5O2. The largest absolute Gasteiger partial charge is 0.372 e. The van der Waals surface area contributed by atoms with Crippen molar-refractivity contribution in [2.24, 2.45) is 0 Å². The molecule has 0 bridgehead atoms. The van der Waals surface area contributed by atoms with Crippen LogP contribution in [0.4, 0.5) is 10.5 Å². The molecule has 1 spiro atoms.